The second kappa shape index (κ2) is 16.0. The van der Waals surface area contributed by atoms with Crippen LogP contribution in [0.5, 0.6) is 0 Å². The van der Waals surface area contributed by atoms with E-state index in [1.54, 1.807) is 0 Å². The summed E-state index contributed by atoms with van der Waals surface area (Å²) in [6.07, 6.45) is -4.94. The van der Waals surface area contributed by atoms with Crippen molar-refractivity contribution in [3.05, 3.63) is 108 Å². The predicted molar refractivity (Wildman–Crippen MR) is 156 cm³/mol. The lowest BCUT2D eigenvalue weighted by atomic mass is 9.76. The molecular formula is C34H38O9. The number of carbonyl (C=O) groups is 3. The van der Waals surface area contributed by atoms with Gasteiger partial charge < -0.3 is 28.4 Å². The van der Waals surface area contributed by atoms with E-state index < -0.39 is 54.3 Å². The van der Waals surface area contributed by atoms with Crippen molar-refractivity contribution in [3.63, 3.8) is 0 Å². The van der Waals surface area contributed by atoms with Gasteiger partial charge in [-0.1, -0.05) is 91.0 Å². The van der Waals surface area contributed by atoms with Crippen molar-refractivity contribution in [2.75, 3.05) is 7.11 Å². The van der Waals surface area contributed by atoms with Gasteiger partial charge in [0.1, 0.15) is 18.3 Å². The quantitative estimate of drug-likeness (QED) is 0.205. The van der Waals surface area contributed by atoms with Crippen molar-refractivity contribution in [3.8, 4) is 0 Å². The molecule has 0 heterocycles. The van der Waals surface area contributed by atoms with Crippen LogP contribution in [0.1, 0.15) is 37.0 Å². The van der Waals surface area contributed by atoms with Gasteiger partial charge in [-0.25, -0.2) is 0 Å². The Hall–Kier alpha value is -4.05. The maximum Gasteiger partial charge on any atom is 0.306 e. The molecule has 1 aliphatic rings. The standard InChI is InChI=1S/C34H38O9/c1-23(35)42-31-28(19-29(37)38-3)30(39-20-25-13-7-4-8-14-25)32(40-21-26-15-9-5-10-16-26)33(34(31)43-24(2)36)41-22-27-17-11-6-12-18-27/h4-18,28,30-34H,19-22H2,1-3H3/t28-,30-,31-,32+,33-,34+/m1/s1. The highest BCUT2D eigenvalue weighted by molar-refractivity contribution is 5.70. The summed E-state index contributed by atoms with van der Waals surface area (Å²) in [6, 6.07) is 28.7. The topological polar surface area (TPSA) is 107 Å². The minimum absolute atomic E-state index is 0.161. The normalized spacial score (nSPS) is 23.2. The summed E-state index contributed by atoms with van der Waals surface area (Å²) in [5.41, 5.74) is 2.68. The molecule has 6 atom stereocenters. The molecule has 0 aromatic heterocycles. The van der Waals surface area contributed by atoms with Gasteiger partial charge >= 0.3 is 17.9 Å². The molecule has 3 aromatic carbocycles. The Kier molecular flexibility index (Phi) is 11.8. The van der Waals surface area contributed by atoms with Crippen LogP contribution in [0.4, 0.5) is 0 Å². The van der Waals surface area contributed by atoms with Crippen molar-refractivity contribution in [2.24, 2.45) is 5.92 Å². The lowest BCUT2D eigenvalue weighted by Gasteiger charge is -2.49. The van der Waals surface area contributed by atoms with Crippen molar-refractivity contribution in [2.45, 2.75) is 70.6 Å². The van der Waals surface area contributed by atoms with Gasteiger partial charge in [-0.3, -0.25) is 14.4 Å². The molecule has 9 nitrogen and oxygen atoms in total. The smallest absolute Gasteiger partial charge is 0.306 e. The zero-order valence-electron chi connectivity index (χ0n) is 24.6. The molecule has 0 radical (unpaired) electrons. The first kappa shape index (κ1) is 31.9. The summed E-state index contributed by atoms with van der Waals surface area (Å²) < 4.78 is 36.2. The number of benzene rings is 3. The highest BCUT2D eigenvalue weighted by Gasteiger charge is 2.56. The van der Waals surface area contributed by atoms with Crippen LogP contribution in [0.2, 0.25) is 0 Å². The summed E-state index contributed by atoms with van der Waals surface area (Å²) in [5.74, 6) is -2.54. The molecule has 3 aromatic rings. The molecule has 9 heteroatoms. The summed E-state index contributed by atoms with van der Waals surface area (Å²) in [6.45, 7) is 3.07. The number of rotatable bonds is 13. The number of methoxy groups -OCH3 is 1. The molecule has 1 aliphatic carbocycles. The van der Waals surface area contributed by atoms with Crippen LogP contribution in [0.25, 0.3) is 0 Å². The van der Waals surface area contributed by atoms with Gasteiger partial charge in [0, 0.05) is 19.8 Å². The molecule has 0 bridgehead atoms. The Morgan fingerprint density at radius 1 is 0.535 bits per heavy atom. The molecule has 0 spiro atoms. The van der Waals surface area contributed by atoms with E-state index in [4.69, 9.17) is 28.4 Å². The molecule has 0 aliphatic heterocycles. The Balaban J connectivity index is 1.78. The van der Waals surface area contributed by atoms with Crippen LogP contribution in [-0.4, -0.2) is 55.5 Å². The average molecular weight is 591 g/mol. The molecule has 0 N–H and O–H groups in total. The highest BCUT2D eigenvalue weighted by atomic mass is 16.6. The van der Waals surface area contributed by atoms with E-state index in [1.165, 1.54) is 21.0 Å². The van der Waals surface area contributed by atoms with Crippen molar-refractivity contribution in [1.82, 2.24) is 0 Å². The summed E-state index contributed by atoms with van der Waals surface area (Å²) in [7, 11) is 1.28. The van der Waals surface area contributed by atoms with Gasteiger partial charge in [-0.15, -0.1) is 0 Å². The van der Waals surface area contributed by atoms with E-state index >= 15 is 0 Å². The number of esters is 3. The van der Waals surface area contributed by atoms with E-state index in [0.717, 1.165) is 16.7 Å². The second-order valence-electron chi connectivity index (χ2n) is 10.4. The van der Waals surface area contributed by atoms with Gasteiger partial charge in [0.15, 0.2) is 6.10 Å². The molecule has 0 saturated heterocycles. The Morgan fingerprint density at radius 3 is 1.30 bits per heavy atom. The molecule has 0 unspecified atom stereocenters. The highest BCUT2D eigenvalue weighted by Crippen LogP contribution is 2.39. The Morgan fingerprint density at radius 2 is 0.907 bits per heavy atom. The maximum absolute atomic E-state index is 12.7. The van der Waals surface area contributed by atoms with E-state index in [9.17, 15) is 14.4 Å². The van der Waals surface area contributed by atoms with Gasteiger partial charge in [-0.05, 0) is 16.7 Å². The minimum atomic E-state index is -1.10. The van der Waals surface area contributed by atoms with Crippen LogP contribution >= 0.6 is 0 Å². The second-order valence-corrected chi connectivity index (χ2v) is 10.4. The van der Waals surface area contributed by atoms with Gasteiger partial charge in [0.05, 0.1) is 39.5 Å². The first-order chi connectivity index (χ1) is 20.9. The van der Waals surface area contributed by atoms with Gasteiger partial charge in [-0.2, -0.15) is 0 Å². The van der Waals surface area contributed by atoms with Crippen LogP contribution in [0.15, 0.2) is 91.0 Å². The van der Waals surface area contributed by atoms with Gasteiger partial charge in [0.25, 0.3) is 0 Å². The lowest BCUT2D eigenvalue weighted by Crippen LogP contribution is -2.65. The molecule has 1 saturated carbocycles. The lowest BCUT2D eigenvalue weighted by molar-refractivity contribution is -0.260. The van der Waals surface area contributed by atoms with Crippen LogP contribution in [-0.2, 0) is 62.6 Å². The summed E-state index contributed by atoms with van der Waals surface area (Å²) >= 11 is 0. The third kappa shape index (κ3) is 9.22. The van der Waals surface area contributed by atoms with Crippen LogP contribution < -0.4 is 0 Å². The van der Waals surface area contributed by atoms with E-state index in [1.807, 2.05) is 91.0 Å². The Labute approximate surface area is 252 Å². The molecular weight excluding hydrogens is 552 g/mol. The first-order valence-corrected chi connectivity index (χ1v) is 14.2. The molecule has 4 rings (SSSR count). The summed E-state index contributed by atoms with van der Waals surface area (Å²) in [4.78, 5) is 37.6. The van der Waals surface area contributed by atoms with Gasteiger partial charge in [0.2, 0.25) is 0 Å². The fourth-order valence-electron chi connectivity index (χ4n) is 5.31. The minimum Gasteiger partial charge on any atom is -0.469 e. The number of hydrogen-bond acceptors (Lipinski definition) is 9. The number of ether oxygens (including phenoxy) is 6. The monoisotopic (exact) mass is 590 g/mol. The molecule has 43 heavy (non-hydrogen) atoms. The van der Waals surface area contributed by atoms with Crippen molar-refractivity contribution in [1.29, 1.82) is 0 Å². The van der Waals surface area contributed by atoms with E-state index in [-0.39, 0.29) is 26.2 Å². The summed E-state index contributed by atoms with van der Waals surface area (Å²) in [5, 5.41) is 0. The van der Waals surface area contributed by atoms with Crippen molar-refractivity contribution >= 4 is 17.9 Å². The number of carbonyl (C=O) groups excluding carboxylic acids is 3. The first-order valence-electron chi connectivity index (χ1n) is 14.2. The predicted octanol–water partition coefficient (Wildman–Crippen LogP) is 4.80. The number of hydrogen-bond donors (Lipinski definition) is 0. The Bertz CT molecular complexity index is 1300. The largest absolute Gasteiger partial charge is 0.469 e. The van der Waals surface area contributed by atoms with Crippen molar-refractivity contribution < 1.29 is 42.8 Å². The third-order valence-electron chi connectivity index (χ3n) is 7.23. The third-order valence-corrected chi connectivity index (χ3v) is 7.23. The average Bonchev–Trinajstić information content (AvgIpc) is 3.01. The fraction of sp³-hybridized carbons (Fsp3) is 0.382. The molecule has 228 valence electrons. The van der Waals surface area contributed by atoms with E-state index in [2.05, 4.69) is 0 Å². The fourth-order valence-corrected chi connectivity index (χ4v) is 5.31. The molecule has 1 fully saturated rings. The SMILES string of the molecule is COC(=O)C[C@@H]1[C@@H](OCc2ccccc2)[C@H](OCc2ccccc2)[C@@H](OCc2ccccc2)[C@@H](OC(C)=O)[C@@H]1OC(C)=O. The molecule has 0 amide bonds. The van der Waals surface area contributed by atoms with Crippen LogP contribution in [0.3, 0.4) is 0 Å². The van der Waals surface area contributed by atoms with E-state index in [0.29, 0.717) is 0 Å². The zero-order valence-corrected chi connectivity index (χ0v) is 24.6. The zero-order chi connectivity index (χ0) is 30.6. The van der Waals surface area contributed by atoms with Crippen LogP contribution in [0, 0.1) is 5.92 Å². The maximum atomic E-state index is 12.7.